The van der Waals surface area contributed by atoms with Gasteiger partial charge >= 0.3 is 0 Å². The third-order valence-corrected chi connectivity index (χ3v) is 5.68. The van der Waals surface area contributed by atoms with E-state index in [1.807, 2.05) is 0 Å². The summed E-state index contributed by atoms with van der Waals surface area (Å²) in [6.07, 6.45) is 0.955. The smallest absolute Gasteiger partial charge is 0.282 e. The molecule has 1 aliphatic rings. The molecule has 1 saturated heterocycles. The minimum Gasteiger partial charge on any atom is -0.346 e. The average Bonchev–Trinajstić information content (AvgIpc) is 3.06. The second-order valence-corrected chi connectivity index (χ2v) is 8.47. The number of carbonyl (C=O) groups is 1. The Labute approximate surface area is 156 Å². The van der Waals surface area contributed by atoms with E-state index in [1.165, 1.54) is 23.5 Å². The van der Waals surface area contributed by atoms with Crippen molar-refractivity contribution in [3.8, 4) is 0 Å². The van der Waals surface area contributed by atoms with Crippen molar-refractivity contribution in [1.82, 2.24) is 20.4 Å². The Hall–Kier alpha value is -1.90. The molecule has 0 bridgehead atoms. The number of halogens is 1. The number of hydrogen-bond acceptors (Lipinski definition) is 6. The highest BCUT2D eigenvalue weighted by atomic mass is 32.1. The van der Waals surface area contributed by atoms with Crippen molar-refractivity contribution < 1.29 is 9.18 Å². The summed E-state index contributed by atoms with van der Waals surface area (Å²) in [4.78, 5) is 14.5. The van der Waals surface area contributed by atoms with Gasteiger partial charge in [0.1, 0.15) is 10.8 Å². The van der Waals surface area contributed by atoms with Gasteiger partial charge in [0.25, 0.3) is 5.91 Å². The second kappa shape index (κ2) is 7.77. The lowest BCUT2D eigenvalue weighted by Crippen LogP contribution is -2.52. The normalized spacial score (nSPS) is 20.1. The van der Waals surface area contributed by atoms with Crippen LogP contribution in [0.2, 0.25) is 0 Å². The zero-order valence-electron chi connectivity index (χ0n) is 15.0. The summed E-state index contributed by atoms with van der Waals surface area (Å²) in [7, 11) is 0. The lowest BCUT2D eigenvalue weighted by molar-refractivity contribution is 0.0896. The maximum atomic E-state index is 12.9. The van der Waals surface area contributed by atoms with E-state index < -0.39 is 0 Å². The SMILES string of the molecule is CC1(C)CN(Cc2nnc(C(=O)NCc3ccc(F)cc3)s2)CCC1N. The van der Waals surface area contributed by atoms with Gasteiger partial charge in [0.2, 0.25) is 5.01 Å². The van der Waals surface area contributed by atoms with Gasteiger partial charge in [-0.3, -0.25) is 9.69 Å². The van der Waals surface area contributed by atoms with Crippen LogP contribution in [0.4, 0.5) is 4.39 Å². The van der Waals surface area contributed by atoms with Crippen LogP contribution in [-0.4, -0.2) is 40.1 Å². The lowest BCUT2D eigenvalue weighted by Gasteiger charge is -2.42. The van der Waals surface area contributed by atoms with Crippen LogP contribution >= 0.6 is 11.3 Å². The van der Waals surface area contributed by atoms with Gasteiger partial charge in [0.05, 0.1) is 6.54 Å². The number of nitrogens with two attached hydrogens (primary N) is 1. The summed E-state index contributed by atoms with van der Waals surface area (Å²) in [5.74, 6) is -0.560. The molecule has 1 fully saturated rings. The van der Waals surface area contributed by atoms with Gasteiger partial charge in [-0.2, -0.15) is 0 Å². The predicted octanol–water partition coefficient (Wildman–Crippen LogP) is 2.17. The van der Waals surface area contributed by atoms with Crippen LogP contribution in [0.3, 0.4) is 0 Å². The lowest BCUT2D eigenvalue weighted by atomic mass is 9.80. The van der Waals surface area contributed by atoms with E-state index in [2.05, 4.69) is 34.3 Å². The van der Waals surface area contributed by atoms with Gasteiger partial charge in [-0.05, 0) is 29.5 Å². The summed E-state index contributed by atoms with van der Waals surface area (Å²) < 4.78 is 12.9. The number of amides is 1. The minimum atomic E-state index is -0.296. The first-order valence-electron chi connectivity index (χ1n) is 8.66. The summed E-state index contributed by atoms with van der Waals surface area (Å²) in [5, 5.41) is 12.1. The number of nitrogens with zero attached hydrogens (tertiary/aromatic N) is 3. The molecule has 3 rings (SSSR count). The van der Waals surface area contributed by atoms with Crippen molar-refractivity contribution in [2.24, 2.45) is 11.1 Å². The highest BCUT2D eigenvalue weighted by molar-refractivity contribution is 7.13. The molecule has 6 nitrogen and oxygen atoms in total. The quantitative estimate of drug-likeness (QED) is 0.834. The molecule has 0 spiro atoms. The maximum absolute atomic E-state index is 12.9. The molecule has 26 heavy (non-hydrogen) atoms. The molecule has 0 aliphatic carbocycles. The number of carbonyl (C=O) groups excluding carboxylic acids is 1. The van der Waals surface area contributed by atoms with Crippen LogP contribution in [-0.2, 0) is 13.1 Å². The van der Waals surface area contributed by atoms with E-state index in [9.17, 15) is 9.18 Å². The number of nitrogens with one attached hydrogen (secondary N) is 1. The predicted molar refractivity (Wildman–Crippen MR) is 99.1 cm³/mol. The molecule has 1 aromatic heterocycles. The van der Waals surface area contributed by atoms with E-state index in [0.717, 1.165) is 30.1 Å². The fourth-order valence-electron chi connectivity index (χ4n) is 3.08. The fraction of sp³-hybridized carbons (Fsp3) is 0.500. The number of hydrogen-bond donors (Lipinski definition) is 2. The Morgan fingerprint density at radius 2 is 2.12 bits per heavy atom. The van der Waals surface area contributed by atoms with Crippen LogP contribution in [0.5, 0.6) is 0 Å². The van der Waals surface area contributed by atoms with Crippen LogP contribution < -0.4 is 11.1 Å². The first kappa shape index (κ1) is 18.9. The largest absolute Gasteiger partial charge is 0.346 e. The van der Waals surface area contributed by atoms with Crippen LogP contribution in [0.25, 0.3) is 0 Å². The van der Waals surface area contributed by atoms with Crippen molar-refractivity contribution in [2.45, 2.75) is 39.4 Å². The molecule has 1 aliphatic heterocycles. The standard InChI is InChI=1S/C18H24FN5OS/c1-18(2)11-24(8-7-14(18)20)10-15-22-23-17(26-15)16(25)21-9-12-3-5-13(19)6-4-12/h3-6,14H,7-11,20H2,1-2H3,(H,21,25). The van der Waals surface area contributed by atoms with Crippen molar-refractivity contribution in [3.05, 3.63) is 45.7 Å². The molecule has 3 N–H and O–H groups in total. The molecule has 2 heterocycles. The Morgan fingerprint density at radius 1 is 1.38 bits per heavy atom. The maximum Gasteiger partial charge on any atom is 0.282 e. The van der Waals surface area contributed by atoms with Gasteiger partial charge in [0, 0.05) is 25.7 Å². The second-order valence-electron chi connectivity index (χ2n) is 7.40. The Bertz CT molecular complexity index is 761. The van der Waals surface area contributed by atoms with Crippen LogP contribution in [0, 0.1) is 11.2 Å². The fourth-order valence-corrected chi connectivity index (χ4v) is 3.88. The Morgan fingerprint density at radius 3 is 2.81 bits per heavy atom. The number of aromatic nitrogens is 2. The number of rotatable bonds is 5. The van der Waals surface area contributed by atoms with Gasteiger partial charge in [0.15, 0.2) is 0 Å². The van der Waals surface area contributed by atoms with Crippen molar-refractivity contribution in [3.63, 3.8) is 0 Å². The summed E-state index contributed by atoms with van der Waals surface area (Å²) in [6.45, 7) is 7.19. The van der Waals surface area contributed by atoms with E-state index in [4.69, 9.17) is 5.73 Å². The topological polar surface area (TPSA) is 84.1 Å². The van der Waals surface area contributed by atoms with E-state index in [0.29, 0.717) is 18.1 Å². The average molecular weight is 377 g/mol. The number of piperidine rings is 1. The van der Waals surface area contributed by atoms with Gasteiger partial charge < -0.3 is 11.1 Å². The van der Waals surface area contributed by atoms with E-state index >= 15 is 0 Å². The van der Waals surface area contributed by atoms with Gasteiger partial charge in [-0.15, -0.1) is 10.2 Å². The molecule has 2 aromatic rings. The third-order valence-electron chi connectivity index (χ3n) is 4.78. The number of likely N-dealkylation sites (tertiary alicyclic amines) is 1. The van der Waals surface area contributed by atoms with Crippen molar-refractivity contribution in [1.29, 1.82) is 0 Å². The first-order valence-corrected chi connectivity index (χ1v) is 9.48. The van der Waals surface area contributed by atoms with Crippen LogP contribution in [0.1, 0.15) is 40.6 Å². The zero-order chi connectivity index (χ0) is 18.7. The first-order chi connectivity index (χ1) is 12.3. The third kappa shape index (κ3) is 4.63. The number of benzene rings is 1. The molecular weight excluding hydrogens is 353 g/mol. The van der Waals surface area contributed by atoms with Crippen LogP contribution in [0.15, 0.2) is 24.3 Å². The highest BCUT2D eigenvalue weighted by Crippen LogP contribution is 2.28. The molecule has 0 radical (unpaired) electrons. The Kier molecular flexibility index (Phi) is 5.64. The molecule has 1 amide bonds. The molecule has 1 atom stereocenters. The molecule has 1 unspecified atom stereocenters. The van der Waals surface area contributed by atoms with E-state index in [1.54, 1.807) is 12.1 Å². The van der Waals surface area contributed by atoms with Gasteiger partial charge in [-0.1, -0.05) is 37.3 Å². The van der Waals surface area contributed by atoms with Gasteiger partial charge in [-0.25, -0.2) is 4.39 Å². The molecule has 1 aromatic carbocycles. The molecule has 0 saturated carbocycles. The molecular formula is C18H24FN5OS. The molecule has 8 heteroatoms. The van der Waals surface area contributed by atoms with Crippen molar-refractivity contribution >= 4 is 17.2 Å². The molecule has 140 valence electrons. The summed E-state index contributed by atoms with van der Waals surface area (Å²) >= 11 is 1.31. The Balaban J connectivity index is 1.54. The monoisotopic (exact) mass is 377 g/mol. The van der Waals surface area contributed by atoms with Crippen molar-refractivity contribution in [2.75, 3.05) is 13.1 Å². The minimum absolute atomic E-state index is 0.0678. The highest BCUT2D eigenvalue weighted by Gasteiger charge is 2.33. The summed E-state index contributed by atoms with van der Waals surface area (Å²) in [5.41, 5.74) is 7.07. The van der Waals surface area contributed by atoms with E-state index in [-0.39, 0.29) is 23.2 Å². The zero-order valence-corrected chi connectivity index (χ0v) is 15.9. The summed E-state index contributed by atoms with van der Waals surface area (Å²) in [6, 6.07) is 6.24.